The Balaban J connectivity index is 2.20. The molecule has 4 amide bonds. The van der Waals surface area contributed by atoms with Crippen LogP contribution in [0.3, 0.4) is 0 Å². The second kappa shape index (κ2) is 8.37. The predicted molar refractivity (Wildman–Crippen MR) is 94.2 cm³/mol. The van der Waals surface area contributed by atoms with Crippen molar-refractivity contribution in [3.8, 4) is 0 Å². The Kier molecular flexibility index (Phi) is 6.21. The highest BCUT2D eigenvalue weighted by Gasteiger charge is 2.43. The topological polar surface area (TPSA) is 96.3 Å². The summed E-state index contributed by atoms with van der Waals surface area (Å²) in [7, 11) is 0. The lowest BCUT2D eigenvalue weighted by molar-refractivity contribution is -0.145. The van der Waals surface area contributed by atoms with E-state index in [0.717, 1.165) is 9.80 Å². The highest BCUT2D eigenvalue weighted by Crippen LogP contribution is 2.19. The molecule has 8 nitrogen and oxygen atoms in total. The third kappa shape index (κ3) is 3.79. The molecule has 0 saturated carbocycles. The van der Waals surface area contributed by atoms with Gasteiger partial charge in [-0.15, -0.1) is 0 Å². The van der Waals surface area contributed by atoms with Crippen molar-refractivity contribution in [1.82, 2.24) is 9.80 Å². The zero-order valence-corrected chi connectivity index (χ0v) is 15.0. The number of rotatable bonds is 6. The van der Waals surface area contributed by atoms with E-state index in [2.05, 4.69) is 4.99 Å². The molecule has 1 heterocycles. The fourth-order valence-corrected chi connectivity index (χ4v) is 2.54. The minimum atomic E-state index is -1.14. The molecule has 0 aliphatic carbocycles. The molecular formula is C18H21N3O5. The molecule has 0 bridgehead atoms. The molecule has 1 aromatic rings. The largest absolute Gasteiger partial charge is 0.462 e. The highest BCUT2D eigenvalue weighted by molar-refractivity contribution is 6.23. The van der Waals surface area contributed by atoms with Crippen LogP contribution in [0.5, 0.6) is 0 Å². The maximum Gasteiger partial charge on any atom is 0.338 e. The summed E-state index contributed by atoms with van der Waals surface area (Å²) in [6, 6.07) is 5.67. The molecule has 0 spiro atoms. The molecule has 138 valence electrons. The Labute approximate surface area is 151 Å². The number of urea groups is 1. The molecule has 0 N–H and O–H groups in total. The third-order valence-corrected chi connectivity index (χ3v) is 3.91. The normalized spacial score (nSPS) is 15.9. The van der Waals surface area contributed by atoms with E-state index in [1.54, 1.807) is 45.0 Å². The van der Waals surface area contributed by atoms with Crippen LogP contribution >= 0.6 is 0 Å². The van der Waals surface area contributed by atoms with Crippen LogP contribution in [0.25, 0.3) is 0 Å². The molecule has 1 aromatic carbocycles. The summed E-state index contributed by atoms with van der Waals surface area (Å²) in [6.45, 7) is 5.70. The van der Waals surface area contributed by atoms with Crippen molar-refractivity contribution in [2.45, 2.75) is 20.8 Å². The maximum absolute atomic E-state index is 12.4. The van der Waals surface area contributed by atoms with Gasteiger partial charge in [0.1, 0.15) is 0 Å². The lowest BCUT2D eigenvalue weighted by Crippen LogP contribution is -2.59. The number of carbonyl (C=O) groups is 4. The Morgan fingerprint density at radius 2 is 1.58 bits per heavy atom. The van der Waals surface area contributed by atoms with Crippen LogP contribution in [0.4, 0.5) is 10.5 Å². The maximum atomic E-state index is 12.4. The second-order valence-corrected chi connectivity index (χ2v) is 5.47. The summed E-state index contributed by atoms with van der Waals surface area (Å²) in [5.41, 5.74) is 0.858. The number of hydrogen-bond donors (Lipinski definition) is 0. The van der Waals surface area contributed by atoms with Crippen molar-refractivity contribution in [3.05, 3.63) is 29.8 Å². The SMILES string of the molecule is CCOC(=O)c1ccc(N=CC2C(=O)N(CC)C(=O)N(CC)C2=O)cc1. The van der Waals surface area contributed by atoms with Crippen molar-refractivity contribution >= 4 is 35.7 Å². The van der Waals surface area contributed by atoms with Crippen molar-refractivity contribution in [3.63, 3.8) is 0 Å². The first kappa shape index (κ1) is 19.3. The van der Waals surface area contributed by atoms with Gasteiger partial charge in [0, 0.05) is 19.3 Å². The molecule has 26 heavy (non-hydrogen) atoms. The summed E-state index contributed by atoms with van der Waals surface area (Å²) < 4.78 is 4.90. The number of nitrogens with zero attached hydrogens (tertiary/aromatic N) is 3. The molecular weight excluding hydrogens is 338 g/mol. The first-order valence-electron chi connectivity index (χ1n) is 8.42. The van der Waals surface area contributed by atoms with Gasteiger partial charge in [-0.05, 0) is 45.0 Å². The van der Waals surface area contributed by atoms with Gasteiger partial charge in [-0.1, -0.05) is 0 Å². The van der Waals surface area contributed by atoms with Gasteiger partial charge in [-0.2, -0.15) is 0 Å². The Morgan fingerprint density at radius 1 is 1.04 bits per heavy atom. The fraction of sp³-hybridized carbons (Fsp3) is 0.389. The van der Waals surface area contributed by atoms with Gasteiger partial charge in [-0.3, -0.25) is 24.4 Å². The average molecular weight is 359 g/mol. The van der Waals surface area contributed by atoms with E-state index >= 15 is 0 Å². The third-order valence-electron chi connectivity index (χ3n) is 3.91. The molecule has 0 atom stereocenters. The van der Waals surface area contributed by atoms with Crippen molar-refractivity contribution in [2.75, 3.05) is 19.7 Å². The van der Waals surface area contributed by atoms with E-state index in [4.69, 9.17) is 4.74 Å². The van der Waals surface area contributed by atoms with Crippen LogP contribution < -0.4 is 0 Å². The number of esters is 1. The van der Waals surface area contributed by atoms with Gasteiger partial charge in [-0.25, -0.2) is 9.59 Å². The van der Waals surface area contributed by atoms with Gasteiger partial charge in [0.25, 0.3) is 0 Å². The standard InChI is InChI=1S/C18H21N3O5/c1-4-20-15(22)14(16(23)21(5-2)18(20)25)11-19-13-9-7-12(8-10-13)17(24)26-6-3/h7-11,14H,4-6H2,1-3H3. The zero-order valence-electron chi connectivity index (χ0n) is 15.0. The summed E-state index contributed by atoms with van der Waals surface area (Å²) >= 11 is 0. The van der Waals surface area contributed by atoms with E-state index in [-0.39, 0.29) is 19.7 Å². The molecule has 2 rings (SSSR count). The first-order valence-corrected chi connectivity index (χ1v) is 8.42. The summed E-state index contributed by atoms with van der Waals surface area (Å²) in [5.74, 6) is -2.74. The minimum Gasteiger partial charge on any atom is -0.462 e. The lowest BCUT2D eigenvalue weighted by atomic mass is 10.0. The molecule has 1 aliphatic rings. The number of hydrogen-bond acceptors (Lipinski definition) is 6. The van der Waals surface area contributed by atoms with Crippen LogP contribution in [0.1, 0.15) is 31.1 Å². The van der Waals surface area contributed by atoms with Crippen molar-refractivity contribution < 1.29 is 23.9 Å². The van der Waals surface area contributed by atoms with Crippen LogP contribution in [-0.4, -0.2) is 59.5 Å². The van der Waals surface area contributed by atoms with Crippen molar-refractivity contribution in [2.24, 2.45) is 10.9 Å². The fourth-order valence-electron chi connectivity index (χ4n) is 2.54. The molecule has 8 heteroatoms. The monoisotopic (exact) mass is 359 g/mol. The Hall–Kier alpha value is -3.03. The Bertz CT molecular complexity index is 716. The van der Waals surface area contributed by atoms with Crippen molar-refractivity contribution in [1.29, 1.82) is 0 Å². The molecule has 0 unspecified atom stereocenters. The van der Waals surface area contributed by atoms with Crippen LogP contribution in [0.15, 0.2) is 29.3 Å². The summed E-state index contributed by atoms with van der Waals surface area (Å²) in [5, 5.41) is 0. The van der Waals surface area contributed by atoms with Gasteiger partial charge in [0.2, 0.25) is 11.8 Å². The number of amides is 4. The summed E-state index contributed by atoms with van der Waals surface area (Å²) in [4.78, 5) is 54.7. The van der Waals surface area contributed by atoms with Gasteiger partial charge in [0.15, 0.2) is 5.92 Å². The smallest absolute Gasteiger partial charge is 0.338 e. The number of ether oxygens (including phenoxy) is 1. The first-order chi connectivity index (χ1) is 12.4. The second-order valence-electron chi connectivity index (χ2n) is 5.47. The van der Waals surface area contributed by atoms with E-state index < -0.39 is 29.7 Å². The highest BCUT2D eigenvalue weighted by atomic mass is 16.5. The van der Waals surface area contributed by atoms with Crippen LogP contribution in [0, 0.1) is 5.92 Å². The molecule has 0 aromatic heterocycles. The molecule has 1 saturated heterocycles. The summed E-state index contributed by atoms with van der Waals surface area (Å²) in [6.07, 6.45) is 1.24. The molecule has 1 fully saturated rings. The van der Waals surface area contributed by atoms with E-state index in [1.807, 2.05) is 0 Å². The van der Waals surface area contributed by atoms with Gasteiger partial charge >= 0.3 is 12.0 Å². The molecule has 0 radical (unpaired) electrons. The van der Waals surface area contributed by atoms with Crippen LogP contribution in [0.2, 0.25) is 0 Å². The number of benzene rings is 1. The zero-order chi connectivity index (χ0) is 19.3. The van der Waals surface area contributed by atoms with Gasteiger partial charge < -0.3 is 4.74 Å². The van der Waals surface area contributed by atoms with E-state index in [0.29, 0.717) is 11.3 Å². The Morgan fingerprint density at radius 3 is 2.04 bits per heavy atom. The predicted octanol–water partition coefficient (Wildman–Crippen LogP) is 2.01. The van der Waals surface area contributed by atoms with Crippen LogP contribution in [-0.2, 0) is 14.3 Å². The molecule has 1 aliphatic heterocycles. The number of carbonyl (C=O) groups excluding carboxylic acids is 4. The average Bonchev–Trinajstić information content (AvgIpc) is 2.63. The number of aliphatic imine (C=N–C) groups is 1. The quantitative estimate of drug-likeness (QED) is 0.440. The van der Waals surface area contributed by atoms with Gasteiger partial charge in [0.05, 0.1) is 17.9 Å². The number of imide groups is 2. The van der Waals surface area contributed by atoms with E-state index in [1.165, 1.54) is 6.21 Å². The number of barbiturate groups is 1. The minimum absolute atomic E-state index is 0.181. The van der Waals surface area contributed by atoms with E-state index in [9.17, 15) is 19.2 Å². The lowest BCUT2D eigenvalue weighted by Gasteiger charge is -2.34.